The third-order valence-electron chi connectivity index (χ3n) is 3.59. The van der Waals surface area contributed by atoms with Crippen molar-refractivity contribution in [1.29, 1.82) is 0 Å². The van der Waals surface area contributed by atoms with Crippen LogP contribution in [0, 0.1) is 6.92 Å². The monoisotopic (exact) mass is 375 g/mol. The largest absolute Gasteiger partial charge is 0.496 e. The molecular weight excluding hydrogens is 354 g/mol. The minimum Gasteiger partial charge on any atom is -0.496 e. The van der Waals surface area contributed by atoms with Crippen molar-refractivity contribution in [3.63, 3.8) is 0 Å². The molecule has 0 bridgehead atoms. The molecule has 9 nitrogen and oxygen atoms in total. The van der Waals surface area contributed by atoms with E-state index in [1.165, 1.54) is 33.7 Å². The number of aromatic nitrogens is 2. The number of methoxy groups -OCH3 is 3. The Hall–Kier alpha value is -3.36. The third kappa shape index (κ3) is 5.30. The summed E-state index contributed by atoms with van der Waals surface area (Å²) < 4.78 is 20.7. The molecular formula is C18H21N3O6. The number of hydrogen-bond acceptors (Lipinski definition) is 8. The van der Waals surface area contributed by atoms with Crippen molar-refractivity contribution in [2.75, 3.05) is 27.9 Å². The van der Waals surface area contributed by atoms with E-state index in [9.17, 15) is 9.59 Å². The van der Waals surface area contributed by atoms with Gasteiger partial charge in [-0.3, -0.25) is 9.78 Å². The highest BCUT2D eigenvalue weighted by molar-refractivity contribution is 5.89. The number of amides is 1. The Morgan fingerprint density at radius 1 is 0.963 bits per heavy atom. The molecule has 27 heavy (non-hydrogen) atoms. The van der Waals surface area contributed by atoms with Crippen molar-refractivity contribution < 1.29 is 28.5 Å². The third-order valence-corrected chi connectivity index (χ3v) is 3.59. The van der Waals surface area contributed by atoms with Gasteiger partial charge in [0.2, 0.25) is 0 Å². The number of nitrogens with zero attached hydrogens (tertiary/aromatic N) is 2. The zero-order valence-corrected chi connectivity index (χ0v) is 15.6. The lowest BCUT2D eigenvalue weighted by molar-refractivity contribution is -0.124. The number of hydrogen-bond donors (Lipinski definition) is 1. The van der Waals surface area contributed by atoms with Gasteiger partial charge in [0.25, 0.3) is 5.91 Å². The van der Waals surface area contributed by atoms with Crippen molar-refractivity contribution in [2.45, 2.75) is 13.5 Å². The van der Waals surface area contributed by atoms with Gasteiger partial charge in [-0.15, -0.1) is 0 Å². The van der Waals surface area contributed by atoms with E-state index >= 15 is 0 Å². The molecule has 0 fully saturated rings. The van der Waals surface area contributed by atoms with Crippen LogP contribution >= 0.6 is 0 Å². The first kappa shape index (κ1) is 20.0. The van der Waals surface area contributed by atoms with Crippen LogP contribution in [0.1, 0.15) is 21.7 Å². The standard InChI is InChI=1S/C18H21N3O6/c1-11-7-20-13(9-19-11)18(23)27-10-17(22)21-8-12-5-15(25-3)16(26-4)6-14(12)24-2/h5-7,9H,8,10H2,1-4H3,(H,21,22). The van der Waals surface area contributed by atoms with Gasteiger partial charge in [0.05, 0.1) is 33.2 Å². The van der Waals surface area contributed by atoms with Crippen LogP contribution in [0.5, 0.6) is 17.2 Å². The maximum Gasteiger partial charge on any atom is 0.359 e. The number of esters is 1. The SMILES string of the molecule is COc1cc(OC)c(OC)cc1CNC(=O)COC(=O)c1cnc(C)cn1. The van der Waals surface area contributed by atoms with E-state index in [1.807, 2.05) is 0 Å². The first-order chi connectivity index (χ1) is 13.0. The summed E-state index contributed by atoms with van der Waals surface area (Å²) in [5, 5.41) is 2.65. The topological polar surface area (TPSA) is 109 Å². The van der Waals surface area contributed by atoms with Gasteiger partial charge in [0, 0.05) is 24.4 Å². The van der Waals surface area contributed by atoms with E-state index in [0.717, 1.165) is 0 Å². The molecule has 1 aromatic carbocycles. The average Bonchev–Trinajstić information content (AvgIpc) is 2.70. The summed E-state index contributed by atoms with van der Waals surface area (Å²) >= 11 is 0. The summed E-state index contributed by atoms with van der Waals surface area (Å²) in [6, 6.07) is 3.36. The van der Waals surface area contributed by atoms with Gasteiger partial charge in [0.1, 0.15) is 5.75 Å². The van der Waals surface area contributed by atoms with Crippen LogP contribution in [0.15, 0.2) is 24.5 Å². The second-order valence-electron chi connectivity index (χ2n) is 5.41. The Morgan fingerprint density at radius 3 is 2.22 bits per heavy atom. The second kappa shape index (κ2) is 9.37. The summed E-state index contributed by atoms with van der Waals surface area (Å²) in [6.45, 7) is 1.46. The van der Waals surface area contributed by atoms with Crippen LogP contribution in [0.2, 0.25) is 0 Å². The average molecular weight is 375 g/mol. The van der Waals surface area contributed by atoms with Gasteiger partial charge in [-0.25, -0.2) is 9.78 Å². The minimum absolute atomic E-state index is 0.0370. The predicted molar refractivity (Wildman–Crippen MR) is 95.0 cm³/mol. The number of nitrogens with one attached hydrogen (secondary N) is 1. The molecule has 0 atom stereocenters. The molecule has 1 amide bonds. The first-order valence-electron chi connectivity index (χ1n) is 7.99. The maximum absolute atomic E-state index is 12.0. The van der Waals surface area contributed by atoms with Gasteiger partial charge >= 0.3 is 5.97 Å². The Kier molecular flexibility index (Phi) is 6.93. The van der Waals surface area contributed by atoms with Gasteiger partial charge in [-0.05, 0) is 13.0 Å². The molecule has 1 N–H and O–H groups in total. The van der Waals surface area contributed by atoms with E-state index in [2.05, 4.69) is 15.3 Å². The molecule has 2 rings (SSSR count). The van der Waals surface area contributed by atoms with E-state index in [4.69, 9.17) is 18.9 Å². The fraction of sp³-hybridized carbons (Fsp3) is 0.333. The first-order valence-corrected chi connectivity index (χ1v) is 7.99. The van der Waals surface area contributed by atoms with E-state index in [0.29, 0.717) is 28.5 Å². The Balaban J connectivity index is 1.93. The van der Waals surface area contributed by atoms with E-state index < -0.39 is 18.5 Å². The zero-order valence-electron chi connectivity index (χ0n) is 15.6. The summed E-state index contributed by atoms with van der Waals surface area (Å²) in [4.78, 5) is 31.6. The molecule has 9 heteroatoms. The van der Waals surface area contributed by atoms with Crippen LogP contribution < -0.4 is 19.5 Å². The number of carbonyl (C=O) groups excluding carboxylic acids is 2. The summed E-state index contributed by atoms with van der Waals surface area (Å²) in [7, 11) is 4.54. The Bertz CT molecular complexity index is 807. The molecule has 1 aromatic heterocycles. The molecule has 0 radical (unpaired) electrons. The van der Waals surface area contributed by atoms with E-state index in [1.54, 1.807) is 19.1 Å². The molecule has 0 saturated heterocycles. The van der Waals surface area contributed by atoms with Crippen LogP contribution in [0.4, 0.5) is 0 Å². The highest BCUT2D eigenvalue weighted by Crippen LogP contribution is 2.34. The molecule has 1 heterocycles. The maximum atomic E-state index is 12.0. The normalized spacial score (nSPS) is 10.1. The lowest BCUT2D eigenvalue weighted by Gasteiger charge is -2.14. The molecule has 0 aliphatic heterocycles. The molecule has 0 saturated carbocycles. The highest BCUT2D eigenvalue weighted by atomic mass is 16.5. The van der Waals surface area contributed by atoms with Gasteiger partial charge in [0.15, 0.2) is 23.8 Å². The van der Waals surface area contributed by atoms with E-state index in [-0.39, 0.29) is 12.2 Å². The smallest absolute Gasteiger partial charge is 0.359 e. The quantitative estimate of drug-likeness (QED) is 0.688. The molecule has 0 spiro atoms. The molecule has 0 aliphatic carbocycles. The van der Waals surface area contributed by atoms with Crippen molar-refractivity contribution in [3.05, 3.63) is 41.5 Å². The fourth-order valence-corrected chi connectivity index (χ4v) is 2.18. The summed E-state index contributed by atoms with van der Waals surface area (Å²) in [5.74, 6) is 0.353. The zero-order chi connectivity index (χ0) is 19.8. The number of ether oxygens (including phenoxy) is 4. The summed E-state index contributed by atoms with van der Waals surface area (Å²) in [5.41, 5.74) is 1.39. The van der Waals surface area contributed by atoms with Crippen molar-refractivity contribution >= 4 is 11.9 Å². The van der Waals surface area contributed by atoms with Crippen LogP contribution in [0.25, 0.3) is 0 Å². The Labute approximate surface area is 156 Å². The fourth-order valence-electron chi connectivity index (χ4n) is 2.18. The Morgan fingerprint density at radius 2 is 1.63 bits per heavy atom. The molecule has 0 unspecified atom stereocenters. The van der Waals surface area contributed by atoms with Crippen LogP contribution in [-0.2, 0) is 16.1 Å². The summed E-state index contributed by atoms with van der Waals surface area (Å²) in [6.07, 6.45) is 2.74. The highest BCUT2D eigenvalue weighted by Gasteiger charge is 2.14. The number of rotatable bonds is 8. The second-order valence-corrected chi connectivity index (χ2v) is 5.41. The molecule has 144 valence electrons. The van der Waals surface area contributed by atoms with Crippen molar-refractivity contribution in [2.24, 2.45) is 0 Å². The lowest BCUT2D eigenvalue weighted by Crippen LogP contribution is -2.28. The number of benzene rings is 1. The number of aryl methyl sites for hydroxylation is 1. The van der Waals surface area contributed by atoms with Crippen molar-refractivity contribution in [1.82, 2.24) is 15.3 Å². The number of carbonyl (C=O) groups is 2. The van der Waals surface area contributed by atoms with Gasteiger partial charge in [-0.2, -0.15) is 0 Å². The minimum atomic E-state index is -0.721. The molecule has 2 aromatic rings. The molecule has 0 aliphatic rings. The van der Waals surface area contributed by atoms with Crippen LogP contribution in [0.3, 0.4) is 0 Å². The lowest BCUT2D eigenvalue weighted by atomic mass is 10.1. The van der Waals surface area contributed by atoms with Crippen LogP contribution in [-0.4, -0.2) is 49.8 Å². The van der Waals surface area contributed by atoms with Gasteiger partial charge < -0.3 is 24.3 Å². The van der Waals surface area contributed by atoms with Gasteiger partial charge in [-0.1, -0.05) is 0 Å². The van der Waals surface area contributed by atoms with Crippen molar-refractivity contribution in [3.8, 4) is 17.2 Å². The predicted octanol–water partition coefficient (Wildman–Crippen LogP) is 1.28.